The van der Waals surface area contributed by atoms with Crippen molar-refractivity contribution in [3.8, 4) is 17.0 Å². The molecular weight excluding hydrogens is 309 g/mol. The number of aromatic nitrogens is 2. The molecule has 3 aromatic rings. The van der Waals surface area contributed by atoms with Gasteiger partial charge in [-0.15, -0.1) is 0 Å². The van der Waals surface area contributed by atoms with Crippen molar-refractivity contribution in [2.45, 2.75) is 6.04 Å². The standard InChI is InChI=1S/C18H14FN3O2/c1-22-17(11-3-2-4-13(23)9-11)14-15(20-21-16(14)18(22)24)10-5-7-12(19)8-6-10/h2-9,17,23H,1H3,(H,20,21)/t17-/m1/s1. The maximum Gasteiger partial charge on any atom is 0.272 e. The van der Waals surface area contributed by atoms with Gasteiger partial charge in [0.05, 0.1) is 11.7 Å². The van der Waals surface area contributed by atoms with Crippen LogP contribution < -0.4 is 0 Å². The quantitative estimate of drug-likeness (QED) is 0.761. The molecule has 1 aliphatic rings. The lowest BCUT2D eigenvalue weighted by molar-refractivity contribution is 0.0787. The Hall–Kier alpha value is -3.15. The minimum atomic E-state index is -0.363. The van der Waals surface area contributed by atoms with Gasteiger partial charge in [-0.1, -0.05) is 12.1 Å². The molecule has 4 rings (SSSR count). The van der Waals surface area contributed by atoms with Crippen molar-refractivity contribution in [2.24, 2.45) is 0 Å². The molecule has 1 aromatic heterocycles. The van der Waals surface area contributed by atoms with E-state index in [9.17, 15) is 14.3 Å². The number of H-pyrrole nitrogens is 1. The number of fused-ring (bicyclic) bond motifs is 1. The SMILES string of the molecule is CN1C(=O)c2[nH]nc(-c3ccc(F)cc3)c2[C@H]1c1cccc(O)c1. The van der Waals surface area contributed by atoms with Crippen molar-refractivity contribution in [1.29, 1.82) is 0 Å². The van der Waals surface area contributed by atoms with Crippen LogP contribution in [0.25, 0.3) is 11.3 Å². The van der Waals surface area contributed by atoms with Crippen molar-refractivity contribution in [1.82, 2.24) is 15.1 Å². The van der Waals surface area contributed by atoms with E-state index in [2.05, 4.69) is 10.2 Å². The van der Waals surface area contributed by atoms with E-state index in [0.29, 0.717) is 11.4 Å². The Bertz CT molecular complexity index is 934. The van der Waals surface area contributed by atoms with Gasteiger partial charge in [0.2, 0.25) is 0 Å². The normalized spacial score (nSPS) is 16.5. The fourth-order valence-electron chi connectivity index (χ4n) is 3.18. The van der Waals surface area contributed by atoms with Crippen LogP contribution in [0.3, 0.4) is 0 Å². The molecule has 2 heterocycles. The molecule has 0 radical (unpaired) electrons. The van der Waals surface area contributed by atoms with Crippen LogP contribution in [0, 0.1) is 5.82 Å². The number of phenols is 1. The first-order chi connectivity index (χ1) is 11.6. The Morgan fingerprint density at radius 3 is 2.67 bits per heavy atom. The Labute approximate surface area is 137 Å². The molecule has 0 bridgehead atoms. The molecule has 0 saturated heterocycles. The van der Waals surface area contributed by atoms with E-state index in [1.165, 1.54) is 12.1 Å². The summed E-state index contributed by atoms with van der Waals surface area (Å²) in [6.07, 6.45) is 0. The van der Waals surface area contributed by atoms with Crippen molar-refractivity contribution in [3.63, 3.8) is 0 Å². The number of carbonyl (C=O) groups is 1. The topological polar surface area (TPSA) is 69.2 Å². The van der Waals surface area contributed by atoms with Crippen LogP contribution in [0.4, 0.5) is 4.39 Å². The van der Waals surface area contributed by atoms with Crippen molar-refractivity contribution in [2.75, 3.05) is 7.05 Å². The lowest BCUT2D eigenvalue weighted by Gasteiger charge is -2.22. The first-order valence-corrected chi connectivity index (χ1v) is 7.46. The van der Waals surface area contributed by atoms with Gasteiger partial charge in [-0.3, -0.25) is 9.89 Å². The Morgan fingerprint density at radius 2 is 1.96 bits per heavy atom. The highest BCUT2D eigenvalue weighted by Crippen LogP contribution is 2.42. The molecule has 120 valence electrons. The van der Waals surface area contributed by atoms with Crippen LogP contribution in [0.15, 0.2) is 48.5 Å². The van der Waals surface area contributed by atoms with E-state index < -0.39 is 0 Å². The molecule has 2 aromatic carbocycles. The zero-order valence-electron chi connectivity index (χ0n) is 12.8. The Morgan fingerprint density at radius 1 is 1.21 bits per heavy atom. The van der Waals surface area contributed by atoms with E-state index in [1.807, 2.05) is 6.07 Å². The maximum absolute atomic E-state index is 13.2. The number of carbonyl (C=O) groups excluding carboxylic acids is 1. The van der Waals surface area contributed by atoms with Crippen LogP contribution in [0.1, 0.15) is 27.7 Å². The predicted molar refractivity (Wildman–Crippen MR) is 86.0 cm³/mol. The van der Waals surface area contributed by atoms with Crippen LogP contribution in [-0.4, -0.2) is 33.2 Å². The van der Waals surface area contributed by atoms with E-state index in [-0.39, 0.29) is 23.5 Å². The minimum Gasteiger partial charge on any atom is -0.508 e. The number of halogens is 1. The van der Waals surface area contributed by atoms with Crippen LogP contribution in [0.5, 0.6) is 5.75 Å². The third kappa shape index (κ3) is 2.07. The zero-order chi connectivity index (χ0) is 16.8. The summed E-state index contributed by atoms with van der Waals surface area (Å²) in [5, 5.41) is 16.8. The Balaban J connectivity index is 1.90. The first kappa shape index (κ1) is 14.4. The number of nitrogens with one attached hydrogen (secondary N) is 1. The summed E-state index contributed by atoms with van der Waals surface area (Å²) in [7, 11) is 1.71. The monoisotopic (exact) mass is 323 g/mol. The first-order valence-electron chi connectivity index (χ1n) is 7.46. The molecule has 1 aliphatic heterocycles. The van der Waals surface area contributed by atoms with Gasteiger partial charge < -0.3 is 10.0 Å². The second kappa shape index (κ2) is 5.19. The number of nitrogens with zero attached hydrogens (tertiary/aromatic N) is 2. The van der Waals surface area contributed by atoms with Crippen molar-refractivity contribution >= 4 is 5.91 Å². The van der Waals surface area contributed by atoms with Gasteiger partial charge in [0.15, 0.2) is 0 Å². The second-order valence-electron chi connectivity index (χ2n) is 5.78. The fourth-order valence-corrected chi connectivity index (χ4v) is 3.18. The molecular formula is C18H14FN3O2. The summed E-state index contributed by atoms with van der Waals surface area (Å²) in [4.78, 5) is 14.1. The molecule has 0 spiro atoms. The van der Waals surface area contributed by atoms with Gasteiger partial charge >= 0.3 is 0 Å². The van der Waals surface area contributed by atoms with Crippen molar-refractivity contribution in [3.05, 3.63) is 71.2 Å². The fraction of sp³-hybridized carbons (Fsp3) is 0.111. The highest BCUT2D eigenvalue weighted by molar-refractivity contribution is 6.00. The predicted octanol–water partition coefficient (Wildman–Crippen LogP) is 3.10. The van der Waals surface area contributed by atoms with Gasteiger partial charge in [0, 0.05) is 18.2 Å². The second-order valence-corrected chi connectivity index (χ2v) is 5.78. The summed E-state index contributed by atoms with van der Waals surface area (Å²) in [5.74, 6) is -0.364. The molecule has 2 N–H and O–H groups in total. The number of aromatic amines is 1. The number of aromatic hydroxyl groups is 1. The average Bonchev–Trinajstić information content (AvgIpc) is 3.09. The molecule has 1 atom stereocenters. The number of hydrogen-bond donors (Lipinski definition) is 2. The van der Waals surface area contributed by atoms with Crippen molar-refractivity contribution < 1.29 is 14.3 Å². The molecule has 24 heavy (non-hydrogen) atoms. The molecule has 5 nitrogen and oxygen atoms in total. The van der Waals surface area contributed by atoms with E-state index in [0.717, 1.165) is 16.7 Å². The van der Waals surface area contributed by atoms with E-state index in [4.69, 9.17) is 0 Å². The van der Waals surface area contributed by atoms with Crippen LogP contribution >= 0.6 is 0 Å². The molecule has 0 unspecified atom stereocenters. The largest absolute Gasteiger partial charge is 0.508 e. The number of hydrogen-bond acceptors (Lipinski definition) is 3. The highest BCUT2D eigenvalue weighted by atomic mass is 19.1. The summed E-state index contributed by atoms with van der Waals surface area (Å²) >= 11 is 0. The molecule has 0 saturated carbocycles. The van der Waals surface area contributed by atoms with Crippen LogP contribution in [-0.2, 0) is 0 Å². The molecule has 1 amide bonds. The van der Waals surface area contributed by atoms with Gasteiger partial charge in [0.1, 0.15) is 17.3 Å². The lowest BCUT2D eigenvalue weighted by Crippen LogP contribution is -2.24. The van der Waals surface area contributed by atoms with Gasteiger partial charge in [-0.2, -0.15) is 5.10 Å². The third-order valence-corrected chi connectivity index (χ3v) is 4.30. The zero-order valence-corrected chi connectivity index (χ0v) is 12.8. The number of amides is 1. The highest BCUT2D eigenvalue weighted by Gasteiger charge is 2.40. The van der Waals surface area contributed by atoms with Crippen LogP contribution in [0.2, 0.25) is 0 Å². The van der Waals surface area contributed by atoms with Gasteiger partial charge in [-0.25, -0.2) is 4.39 Å². The van der Waals surface area contributed by atoms with Gasteiger partial charge in [0.25, 0.3) is 5.91 Å². The number of rotatable bonds is 2. The number of phenolic OH excluding ortho intramolecular Hbond substituents is 1. The average molecular weight is 323 g/mol. The Kier molecular flexibility index (Phi) is 3.13. The summed E-state index contributed by atoms with van der Waals surface area (Å²) < 4.78 is 13.2. The minimum absolute atomic E-state index is 0.133. The lowest BCUT2D eigenvalue weighted by atomic mass is 9.96. The van der Waals surface area contributed by atoms with E-state index in [1.54, 1.807) is 42.3 Å². The third-order valence-electron chi connectivity index (χ3n) is 4.30. The summed E-state index contributed by atoms with van der Waals surface area (Å²) in [5.41, 5.74) is 3.28. The summed E-state index contributed by atoms with van der Waals surface area (Å²) in [6, 6.07) is 12.4. The maximum atomic E-state index is 13.2. The number of benzene rings is 2. The van der Waals surface area contributed by atoms with Gasteiger partial charge in [-0.05, 0) is 42.0 Å². The summed E-state index contributed by atoms with van der Waals surface area (Å²) in [6.45, 7) is 0. The van der Waals surface area contributed by atoms with E-state index >= 15 is 0 Å². The molecule has 0 fully saturated rings. The molecule has 0 aliphatic carbocycles. The smallest absolute Gasteiger partial charge is 0.272 e. The molecule has 6 heteroatoms.